The van der Waals surface area contributed by atoms with E-state index in [1.807, 2.05) is 0 Å². The van der Waals surface area contributed by atoms with Crippen LogP contribution in [0.2, 0.25) is 0 Å². The molecule has 2 heteroatoms. The molecule has 0 amide bonds. The number of aryl methyl sites for hydroxylation is 2. The maximum Gasteiger partial charge on any atom is 0.0339 e. The Kier molecular flexibility index (Phi) is 12.4. The number of hydrogen-bond donors (Lipinski definition) is 0. The van der Waals surface area contributed by atoms with Crippen molar-refractivity contribution in [2.75, 3.05) is 0 Å². The predicted molar refractivity (Wildman–Crippen MR) is 165 cm³/mol. The van der Waals surface area contributed by atoms with Crippen molar-refractivity contribution in [2.24, 2.45) is 0 Å². The molecule has 0 aliphatic carbocycles. The zero-order valence-electron chi connectivity index (χ0n) is 21.6. The van der Waals surface area contributed by atoms with Gasteiger partial charge in [-0.15, -0.1) is 0 Å². The van der Waals surface area contributed by atoms with Crippen LogP contribution in [0.25, 0.3) is 22.3 Å². The molecule has 0 bridgehead atoms. The van der Waals surface area contributed by atoms with Crippen LogP contribution in [0.5, 0.6) is 0 Å². The topological polar surface area (TPSA) is 0 Å². The van der Waals surface area contributed by atoms with Gasteiger partial charge in [0.2, 0.25) is 0 Å². The van der Waals surface area contributed by atoms with Crippen molar-refractivity contribution in [1.29, 1.82) is 0 Å². The van der Waals surface area contributed by atoms with Crippen LogP contribution in [0.4, 0.5) is 0 Å². The Morgan fingerprint density at radius 2 is 0.917 bits per heavy atom. The van der Waals surface area contributed by atoms with E-state index in [4.69, 9.17) is 0 Å². The highest BCUT2D eigenvalue weighted by molar-refractivity contribution is 9.12. The van der Waals surface area contributed by atoms with Crippen LogP contribution >= 0.6 is 31.9 Å². The predicted octanol–water partition coefficient (Wildman–Crippen LogP) is 10.7. The molecule has 0 saturated carbocycles. The number of unbranched alkanes of at least 4 members (excludes halogenated alkanes) is 6. The van der Waals surface area contributed by atoms with E-state index >= 15 is 0 Å². The molecule has 186 valence electrons. The van der Waals surface area contributed by atoms with Crippen LogP contribution in [0.15, 0.2) is 60.7 Å². The lowest BCUT2D eigenvalue weighted by Crippen LogP contribution is -1.93. The first-order valence-corrected chi connectivity index (χ1v) is 14.9. The van der Waals surface area contributed by atoms with Gasteiger partial charge in [0.1, 0.15) is 0 Å². The molecule has 0 saturated heterocycles. The summed E-state index contributed by atoms with van der Waals surface area (Å²) in [5.74, 6) is 6.55. The van der Waals surface area contributed by atoms with Crippen LogP contribution in [-0.2, 0) is 12.8 Å². The summed E-state index contributed by atoms with van der Waals surface area (Å²) in [5.41, 5.74) is 9.36. The molecule has 0 aromatic heterocycles. The highest BCUT2D eigenvalue weighted by atomic mass is 79.9. The van der Waals surface area contributed by atoms with Gasteiger partial charge in [-0.1, -0.05) is 113 Å². The zero-order chi connectivity index (χ0) is 25.6. The third-order valence-electron chi connectivity index (χ3n) is 6.69. The molecule has 0 N–H and O–H groups in total. The Hall–Kier alpha value is -2.26. The molecular weight excluding hydrogens is 568 g/mol. The third kappa shape index (κ3) is 8.40. The fraction of sp³-hybridized carbons (Fsp3) is 0.353. The van der Waals surface area contributed by atoms with E-state index in [1.54, 1.807) is 0 Å². The summed E-state index contributed by atoms with van der Waals surface area (Å²) in [6, 6.07) is 22.3. The van der Waals surface area contributed by atoms with Crippen LogP contribution < -0.4 is 0 Å². The average molecular weight is 604 g/mol. The fourth-order valence-electron chi connectivity index (χ4n) is 4.60. The molecule has 0 unspecified atom stereocenters. The Morgan fingerprint density at radius 3 is 1.25 bits per heavy atom. The van der Waals surface area contributed by atoms with Crippen molar-refractivity contribution < 1.29 is 0 Å². The first kappa shape index (κ1) is 28.3. The van der Waals surface area contributed by atoms with E-state index < -0.39 is 0 Å². The van der Waals surface area contributed by atoms with Gasteiger partial charge in [0.05, 0.1) is 0 Å². The molecule has 0 aliphatic rings. The van der Waals surface area contributed by atoms with Crippen LogP contribution in [0.3, 0.4) is 0 Å². The number of benzene rings is 3. The molecule has 0 heterocycles. The molecule has 0 nitrogen and oxygen atoms in total. The van der Waals surface area contributed by atoms with Gasteiger partial charge in [0.25, 0.3) is 0 Å². The molecule has 0 radical (unpaired) electrons. The Balaban J connectivity index is 1.90. The highest BCUT2D eigenvalue weighted by Gasteiger charge is 2.12. The van der Waals surface area contributed by atoms with Gasteiger partial charge in [0.15, 0.2) is 0 Å². The smallest absolute Gasteiger partial charge is 0.0339 e. The molecule has 3 rings (SSSR count). The molecule has 0 fully saturated rings. The van der Waals surface area contributed by atoms with Gasteiger partial charge in [-0.25, -0.2) is 0 Å². The van der Waals surface area contributed by atoms with Crippen molar-refractivity contribution in [3.05, 3.63) is 82.9 Å². The summed E-state index contributed by atoms with van der Waals surface area (Å²) in [6.45, 7) is 4.51. The minimum absolute atomic E-state index is 1.00. The summed E-state index contributed by atoms with van der Waals surface area (Å²) in [6.07, 6.45) is 12.6. The molecule has 3 aromatic rings. The lowest BCUT2D eigenvalue weighted by atomic mass is 9.90. The minimum Gasteiger partial charge on any atom is -0.0654 e. The minimum atomic E-state index is 1.00. The molecule has 36 heavy (non-hydrogen) atoms. The van der Waals surface area contributed by atoms with Gasteiger partial charge < -0.3 is 0 Å². The van der Waals surface area contributed by atoms with Gasteiger partial charge in [-0.3, -0.25) is 0 Å². The van der Waals surface area contributed by atoms with Gasteiger partial charge >= 0.3 is 0 Å². The van der Waals surface area contributed by atoms with Gasteiger partial charge in [0, 0.05) is 43.0 Å². The third-order valence-corrected chi connectivity index (χ3v) is 7.09. The largest absolute Gasteiger partial charge is 0.0654 e. The first-order valence-electron chi connectivity index (χ1n) is 13.3. The Labute approximate surface area is 235 Å². The van der Waals surface area contributed by atoms with Crippen molar-refractivity contribution in [2.45, 2.75) is 78.1 Å². The molecular formula is C34H36Br2. The monoisotopic (exact) mass is 602 g/mol. The lowest BCUT2D eigenvalue weighted by Gasteiger charge is -2.13. The van der Waals surface area contributed by atoms with Crippen LogP contribution in [-0.4, -0.2) is 0 Å². The van der Waals surface area contributed by atoms with Gasteiger partial charge in [-0.2, -0.15) is 0 Å². The standard InChI is InChI=1S/C34H36Br2/c1-3-5-7-9-11-27-13-17-29(18-14-27)33-25-32(22-24-36)34(26-31(33)21-23-35)30-19-15-28(16-20-30)12-10-8-6-4-2/h13-20,25-26H,3-12H2,1-2H3. The second-order valence-electron chi connectivity index (χ2n) is 9.40. The van der Waals surface area contributed by atoms with Crippen molar-refractivity contribution in [1.82, 2.24) is 0 Å². The molecule has 3 aromatic carbocycles. The zero-order valence-corrected chi connectivity index (χ0v) is 24.8. The summed E-state index contributed by atoms with van der Waals surface area (Å²) >= 11 is 6.65. The van der Waals surface area contributed by atoms with E-state index in [2.05, 4.69) is 128 Å². The normalized spacial score (nSPS) is 10.3. The maximum atomic E-state index is 3.32. The van der Waals surface area contributed by atoms with Crippen molar-refractivity contribution in [3.8, 4) is 43.8 Å². The second-order valence-corrected chi connectivity index (χ2v) is 10.2. The highest BCUT2D eigenvalue weighted by Crippen LogP contribution is 2.33. The lowest BCUT2D eigenvalue weighted by molar-refractivity contribution is 0.667. The molecule has 0 aliphatic heterocycles. The summed E-state index contributed by atoms with van der Waals surface area (Å²) < 4.78 is 0. The maximum absolute atomic E-state index is 3.32. The quantitative estimate of drug-likeness (QED) is 0.143. The first-order chi connectivity index (χ1) is 17.7. The Bertz CT molecular complexity index is 1110. The Morgan fingerprint density at radius 1 is 0.528 bits per heavy atom. The van der Waals surface area contributed by atoms with E-state index in [0.29, 0.717) is 0 Å². The molecule has 0 atom stereocenters. The van der Waals surface area contributed by atoms with Gasteiger partial charge in [-0.05, 0) is 80.9 Å². The van der Waals surface area contributed by atoms with Crippen LogP contribution in [0, 0.1) is 21.5 Å². The van der Waals surface area contributed by atoms with E-state index in [9.17, 15) is 0 Å². The van der Waals surface area contributed by atoms with E-state index in [-0.39, 0.29) is 0 Å². The SMILES string of the molecule is CCCCCCc1ccc(-c2cc(C#CBr)c(-c3ccc(CCCCCC)cc3)cc2C#CBr)cc1. The fourth-order valence-corrected chi connectivity index (χ4v) is 5.03. The van der Waals surface area contributed by atoms with Crippen LogP contribution in [0.1, 0.15) is 87.5 Å². The number of hydrogen-bond acceptors (Lipinski definition) is 0. The summed E-state index contributed by atoms with van der Waals surface area (Å²) in [4.78, 5) is 5.87. The van der Waals surface area contributed by atoms with Crippen molar-refractivity contribution in [3.63, 3.8) is 0 Å². The summed E-state index contributed by atoms with van der Waals surface area (Å²) in [5, 5.41) is 0. The second kappa shape index (κ2) is 15.8. The van der Waals surface area contributed by atoms with Crippen molar-refractivity contribution >= 4 is 31.9 Å². The van der Waals surface area contributed by atoms with E-state index in [0.717, 1.165) is 35.1 Å². The average Bonchev–Trinajstić information content (AvgIpc) is 2.91. The number of halogens is 2. The number of rotatable bonds is 12. The summed E-state index contributed by atoms with van der Waals surface area (Å²) in [7, 11) is 0. The molecule has 0 spiro atoms. The van der Waals surface area contributed by atoms with E-state index in [1.165, 1.54) is 73.6 Å².